The number of thioether (sulfide) groups is 1. The van der Waals surface area contributed by atoms with E-state index in [1.165, 1.54) is 17.8 Å². The molecule has 12 heteroatoms. The minimum atomic E-state index is -0.544. The maximum Gasteiger partial charge on any atom is 0.293 e. The molecule has 1 saturated heterocycles. The topological polar surface area (TPSA) is 118 Å². The van der Waals surface area contributed by atoms with E-state index in [1.807, 2.05) is 35.2 Å². The van der Waals surface area contributed by atoms with Crippen LogP contribution in [0.1, 0.15) is 34.6 Å². The van der Waals surface area contributed by atoms with Crippen molar-refractivity contribution < 1.29 is 9.72 Å². The first-order valence-electron chi connectivity index (χ1n) is 10.7. The Labute approximate surface area is 205 Å². The summed E-state index contributed by atoms with van der Waals surface area (Å²) in [5, 5.41) is 23.0. The summed E-state index contributed by atoms with van der Waals surface area (Å²) in [5.74, 6) is 0.711. The number of nitrogens with zero attached hydrogens (tertiary/aromatic N) is 5. The van der Waals surface area contributed by atoms with Gasteiger partial charge in [0.15, 0.2) is 5.11 Å². The van der Waals surface area contributed by atoms with Gasteiger partial charge in [-0.25, -0.2) is 4.68 Å². The van der Waals surface area contributed by atoms with Crippen LogP contribution in [0.25, 0.3) is 0 Å². The number of carbonyl (C=O) groups is 1. The summed E-state index contributed by atoms with van der Waals surface area (Å²) in [6.07, 6.45) is 1.99. The zero-order chi connectivity index (χ0) is 24.1. The van der Waals surface area contributed by atoms with Crippen LogP contribution in [0.15, 0.2) is 53.7 Å². The molecule has 2 aromatic carbocycles. The highest BCUT2D eigenvalue weighted by molar-refractivity contribution is 7.98. The molecular formula is C22H23N7O3S2. The van der Waals surface area contributed by atoms with Gasteiger partial charge in [-0.15, -0.1) is 10.2 Å². The van der Waals surface area contributed by atoms with Crippen LogP contribution in [-0.2, 0) is 5.75 Å². The number of hydrogen-bond acceptors (Lipinski definition) is 8. The number of nitrogens with one attached hydrogen (secondary N) is 2. The second-order valence-electron chi connectivity index (χ2n) is 7.69. The molecule has 1 aliphatic heterocycles. The molecule has 1 aromatic heterocycles. The van der Waals surface area contributed by atoms with Crippen molar-refractivity contribution in [2.24, 2.45) is 0 Å². The van der Waals surface area contributed by atoms with Gasteiger partial charge >= 0.3 is 0 Å². The van der Waals surface area contributed by atoms with E-state index in [2.05, 4.69) is 20.9 Å². The summed E-state index contributed by atoms with van der Waals surface area (Å²) in [5.41, 5.74) is 4.64. The number of amides is 1. The average molecular weight is 498 g/mol. The first-order valence-corrected chi connectivity index (χ1v) is 12.1. The second-order valence-corrected chi connectivity index (χ2v) is 9.04. The van der Waals surface area contributed by atoms with Gasteiger partial charge in [-0.3, -0.25) is 25.7 Å². The number of nitro benzene ring substituents is 1. The lowest BCUT2D eigenvalue weighted by Crippen LogP contribution is -2.38. The predicted octanol–water partition coefficient (Wildman–Crippen LogP) is 3.65. The van der Waals surface area contributed by atoms with Gasteiger partial charge in [0.2, 0.25) is 5.16 Å². The molecular weight excluding hydrogens is 474 g/mol. The third kappa shape index (κ3) is 5.51. The number of aromatic nitrogens is 3. The number of nitro groups is 1. The number of hydrogen-bond donors (Lipinski definition) is 2. The summed E-state index contributed by atoms with van der Waals surface area (Å²) >= 11 is 6.77. The van der Waals surface area contributed by atoms with Crippen molar-refractivity contribution in [3.63, 3.8) is 0 Å². The molecule has 1 fully saturated rings. The van der Waals surface area contributed by atoms with E-state index in [0.29, 0.717) is 22.4 Å². The molecule has 4 rings (SSSR count). The number of thiocarbonyl (C=S) groups is 1. The molecule has 0 bridgehead atoms. The lowest BCUT2D eigenvalue weighted by molar-refractivity contribution is -0.384. The Bertz CT molecular complexity index is 1210. The predicted molar refractivity (Wildman–Crippen MR) is 135 cm³/mol. The highest BCUT2D eigenvalue weighted by atomic mass is 32.2. The van der Waals surface area contributed by atoms with Crippen molar-refractivity contribution in [1.29, 1.82) is 0 Å². The Morgan fingerprint density at radius 1 is 1.18 bits per heavy atom. The van der Waals surface area contributed by atoms with Crippen LogP contribution in [-0.4, -0.2) is 43.9 Å². The van der Waals surface area contributed by atoms with Crippen LogP contribution in [0.2, 0.25) is 0 Å². The van der Waals surface area contributed by atoms with Crippen molar-refractivity contribution in [2.75, 3.05) is 23.4 Å². The van der Waals surface area contributed by atoms with Crippen molar-refractivity contribution in [2.45, 2.75) is 30.7 Å². The minimum absolute atomic E-state index is 0.0285. The van der Waals surface area contributed by atoms with E-state index in [-0.39, 0.29) is 16.4 Å². The third-order valence-corrected chi connectivity index (χ3v) is 6.52. The molecule has 34 heavy (non-hydrogen) atoms. The van der Waals surface area contributed by atoms with E-state index in [1.54, 1.807) is 23.7 Å². The number of anilines is 1. The first kappa shape index (κ1) is 23.6. The molecule has 1 aliphatic rings. The van der Waals surface area contributed by atoms with E-state index < -0.39 is 10.8 Å². The van der Waals surface area contributed by atoms with Crippen LogP contribution in [0, 0.1) is 17.0 Å². The largest absolute Gasteiger partial charge is 0.366 e. The zero-order valence-electron chi connectivity index (χ0n) is 18.4. The summed E-state index contributed by atoms with van der Waals surface area (Å²) < 4.78 is 1.59. The lowest BCUT2D eigenvalue weighted by Gasteiger charge is -2.18. The molecule has 1 amide bonds. The molecule has 0 saturated carbocycles. The van der Waals surface area contributed by atoms with E-state index in [4.69, 9.17) is 12.2 Å². The lowest BCUT2D eigenvalue weighted by atomic mass is 10.1. The van der Waals surface area contributed by atoms with Crippen LogP contribution in [0.3, 0.4) is 0 Å². The molecule has 176 valence electrons. The van der Waals surface area contributed by atoms with Gasteiger partial charge in [-0.1, -0.05) is 42.1 Å². The van der Waals surface area contributed by atoms with Gasteiger partial charge in [-0.05, 0) is 49.7 Å². The fourth-order valence-corrected chi connectivity index (χ4v) is 4.71. The van der Waals surface area contributed by atoms with Gasteiger partial charge in [0.05, 0.1) is 4.92 Å². The second kappa shape index (κ2) is 10.6. The van der Waals surface area contributed by atoms with Crippen LogP contribution >= 0.6 is 24.0 Å². The summed E-state index contributed by atoms with van der Waals surface area (Å²) in [7, 11) is 0. The maximum atomic E-state index is 12.8. The normalized spacial score (nSPS) is 13.0. The van der Waals surface area contributed by atoms with Crippen molar-refractivity contribution in [1.82, 2.24) is 20.2 Å². The highest BCUT2D eigenvalue weighted by Crippen LogP contribution is 2.31. The highest BCUT2D eigenvalue weighted by Gasteiger charge is 2.24. The summed E-state index contributed by atoms with van der Waals surface area (Å²) in [4.78, 5) is 25.9. The van der Waals surface area contributed by atoms with Crippen LogP contribution < -0.4 is 15.6 Å². The summed E-state index contributed by atoms with van der Waals surface area (Å²) in [6, 6.07) is 14.4. The molecule has 10 nitrogen and oxygen atoms in total. The molecule has 3 aromatic rings. The van der Waals surface area contributed by atoms with E-state index in [0.717, 1.165) is 31.5 Å². The smallest absolute Gasteiger partial charge is 0.293 e. The van der Waals surface area contributed by atoms with Gasteiger partial charge in [0.25, 0.3) is 11.6 Å². The van der Waals surface area contributed by atoms with Crippen molar-refractivity contribution in [3.05, 3.63) is 75.6 Å². The number of benzene rings is 2. The van der Waals surface area contributed by atoms with Crippen molar-refractivity contribution in [3.8, 4) is 0 Å². The van der Waals surface area contributed by atoms with Crippen LogP contribution in [0.5, 0.6) is 0 Å². The molecule has 2 heterocycles. The van der Waals surface area contributed by atoms with Gasteiger partial charge in [-0.2, -0.15) is 0 Å². The van der Waals surface area contributed by atoms with E-state index in [9.17, 15) is 14.9 Å². The summed E-state index contributed by atoms with van der Waals surface area (Å²) in [6.45, 7) is 3.30. The number of rotatable bonds is 7. The maximum absolute atomic E-state index is 12.8. The Balaban J connectivity index is 1.42. The molecule has 0 radical (unpaired) electrons. The molecule has 0 unspecified atom stereocenters. The first-order chi connectivity index (χ1) is 16.4. The van der Waals surface area contributed by atoms with Gasteiger partial charge in [0.1, 0.15) is 11.5 Å². The third-order valence-electron chi connectivity index (χ3n) is 5.33. The molecule has 0 atom stereocenters. The SMILES string of the molecule is Cc1nnc(SCc2ccccc2)n1NC(=S)NC(=O)c1ccc(N2CCCC2)c([N+](=O)[O-])c1. The number of carbonyl (C=O) groups excluding carboxylic acids is 1. The minimum Gasteiger partial charge on any atom is -0.366 e. The molecule has 0 aliphatic carbocycles. The molecule has 0 spiro atoms. The van der Waals surface area contributed by atoms with E-state index >= 15 is 0 Å². The number of aryl methyl sites for hydroxylation is 1. The Morgan fingerprint density at radius 3 is 2.62 bits per heavy atom. The van der Waals surface area contributed by atoms with Gasteiger partial charge in [0, 0.05) is 30.5 Å². The standard InChI is InChI=1S/C22H23N7O3S2/c1-15-24-25-22(34-14-16-7-3-2-4-8-16)28(15)26-21(33)23-20(30)17-9-10-18(19(13-17)29(31)32)27-11-5-6-12-27/h2-4,7-10,13H,5-6,11-12,14H2,1H3,(H2,23,26,30,33). The fourth-order valence-electron chi connectivity index (χ4n) is 3.63. The quantitative estimate of drug-likeness (QED) is 0.218. The van der Waals surface area contributed by atoms with Gasteiger partial charge < -0.3 is 4.90 Å². The Kier molecular flexibility index (Phi) is 7.38. The van der Waals surface area contributed by atoms with Crippen LogP contribution in [0.4, 0.5) is 11.4 Å². The van der Waals surface area contributed by atoms with Crippen molar-refractivity contribution >= 4 is 46.4 Å². The average Bonchev–Trinajstić information content (AvgIpc) is 3.49. The fraction of sp³-hybridized carbons (Fsp3) is 0.273. The molecule has 2 N–H and O–H groups in total. The Morgan fingerprint density at radius 2 is 1.91 bits per heavy atom. The Hall–Kier alpha value is -3.51. The monoisotopic (exact) mass is 497 g/mol. The zero-order valence-corrected chi connectivity index (χ0v) is 20.1.